The zero-order chi connectivity index (χ0) is 16.1. The van der Waals surface area contributed by atoms with Gasteiger partial charge in [0, 0.05) is 32.6 Å². The minimum absolute atomic E-state index is 0.0249. The summed E-state index contributed by atoms with van der Waals surface area (Å²) < 4.78 is 5.29. The van der Waals surface area contributed by atoms with Crippen LogP contribution in [0.3, 0.4) is 0 Å². The normalized spacial score (nSPS) is 14.9. The minimum Gasteiger partial charge on any atom is -0.496 e. The Bertz CT molecular complexity index is 549. The van der Waals surface area contributed by atoms with E-state index < -0.39 is 0 Å². The number of amides is 2. The van der Waals surface area contributed by atoms with Gasteiger partial charge in [0.25, 0.3) is 5.91 Å². The number of benzene rings is 1. The summed E-state index contributed by atoms with van der Waals surface area (Å²) in [5.41, 5.74) is 1.62. The number of hydrogen-bond acceptors (Lipinski definition) is 3. The van der Waals surface area contributed by atoms with Crippen LogP contribution in [0.2, 0.25) is 0 Å². The van der Waals surface area contributed by atoms with Gasteiger partial charge in [-0.05, 0) is 25.5 Å². The van der Waals surface area contributed by atoms with Crippen LogP contribution in [0, 0.1) is 6.92 Å². The van der Waals surface area contributed by atoms with Crippen molar-refractivity contribution in [1.29, 1.82) is 0 Å². The highest BCUT2D eigenvalue weighted by Gasteiger charge is 2.26. The van der Waals surface area contributed by atoms with Gasteiger partial charge in [-0.15, -0.1) is 0 Å². The van der Waals surface area contributed by atoms with Crippen molar-refractivity contribution >= 4 is 11.8 Å². The van der Waals surface area contributed by atoms with Gasteiger partial charge >= 0.3 is 0 Å². The van der Waals surface area contributed by atoms with E-state index >= 15 is 0 Å². The smallest absolute Gasteiger partial charge is 0.257 e. The van der Waals surface area contributed by atoms with Crippen LogP contribution in [0.25, 0.3) is 0 Å². The first-order valence-corrected chi connectivity index (χ1v) is 7.78. The zero-order valence-electron chi connectivity index (χ0n) is 13.6. The second-order valence-electron chi connectivity index (χ2n) is 5.63. The van der Waals surface area contributed by atoms with Gasteiger partial charge in [0.1, 0.15) is 5.75 Å². The molecule has 1 aliphatic rings. The Morgan fingerprint density at radius 3 is 2.36 bits per heavy atom. The number of rotatable bonds is 4. The molecule has 0 aliphatic carbocycles. The first-order valence-electron chi connectivity index (χ1n) is 7.78. The van der Waals surface area contributed by atoms with Gasteiger partial charge in [-0.2, -0.15) is 0 Å². The lowest BCUT2D eigenvalue weighted by Gasteiger charge is -2.35. The third-order valence-corrected chi connectivity index (χ3v) is 3.97. The van der Waals surface area contributed by atoms with Gasteiger partial charge < -0.3 is 14.5 Å². The van der Waals surface area contributed by atoms with E-state index in [9.17, 15) is 9.59 Å². The molecule has 2 amide bonds. The maximum atomic E-state index is 12.7. The van der Waals surface area contributed by atoms with Gasteiger partial charge in [-0.1, -0.05) is 18.6 Å². The van der Waals surface area contributed by atoms with Gasteiger partial charge in [-0.25, -0.2) is 0 Å². The molecule has 0 bridgehead atoms. The quantitative estimate of drug-likeness (QED) is 0.856. The summed E-state index contributed by atoms with van der Waals surface area (Å²) >= 11 is 0. The predicted octanol–water partition coefficient (Wildman–Crippen LogP) is 2.09. The van der Waals surface area contributed by atoms with E-state index in [0.717, 1.165) is 12.0 Å². The Morgan fingerprint density at radius 2 is 1.77 bits per heavy atom. The van der Waals surface area contributed by atoms with Crippen molar-refractivity contribution in [1.82, 2.24) is 9.80 Å². The second-order valence-corrected chi connectivity index (χ2v) is 5.63. The molecule has 2 rings (SSSR count). The molecule has 0 aromatic heterocycles. The average molecular weight is 304 g/mol. The molecular weight excluding hydrogens is 280 g/mol. The number of piperazine rings is 1. The molecule has 0 radical (unpaired) electrons. The van der Waals surface area contributed by atoms with Crippen LogP contribution in [0.4, 0.5) is 0 Å². The monoisotopic (exact) mass is 304 g/mol. The van der Waals surface area contributed by atoms with E-state index in [1.807, 2.05) is 36.9 Å². The van der Waals surface area contributed by atoms with Crippen LogP contribution in [0.5, 0.6) is 5.75 Å². The molecule has 1 saturated heterocycles. The van der Waals surface area contributed by atoms with Gasteiger partial charge in [0.05, 0.1) is 12.7 Å². The number of carbonyl (C=O) groups excluding carboxylic acids is 2. The fraction of sp³-hybridized carbons (Fsp3) is 0.529. The Kier molecular flexibility index (Phi) is 5.41. The summed E-state index contributed by atoms with van der Waals surface area (Å²) in [4.78, 5) is 28.2. The predicted molar refractivity (Wildman–Crippen MR) is 85.1 cm³/mol. The Hall–Kier alpha value is -2.04. The van der Waals surface area contributed by atoms with Crippen molar-refractivity contribution < 1.29 is 14.3 Å². The van der Waals surface area contributed by atoms with Crippen LogP contribution >= 0.6 is 0 Å². The summed E-state index contributed by atoms with van der Waals surface area (Å²) in [6.07, 6.45) is 1.44. The molecule has 1 aliphatic heterocycles. The number of nitrogens with zero attached hydrogens (tertiary/aromatic N) is 2. The Morgan fingerprint density at radius 1 is 1.14 bits per heavy atom. The maximum Gasteiger partial charge on any atom is 0.257 e. The van der Waals surface area contributed by atoms with E-state index in [0.29, 0.717) is 43.9 Å². The molecule has 1 aromatic rings. The van der Waals surface area contributed by atoms with Crippen molar-refractivity contribution in [3.8, 4) is 5.75 Å². The lowest BCUT2D eigenvalue weighted by Crippen LogP contribution is -2.50. The van der Waals surface area contributed by atoms with Crippen LogP contribution in [-0.2, 0) is 4.79 Å². The summed E-state index contributed by atoms with van der Waals surface area (Å²) in [6, 6.07) is 5.61. The summed E-state index contributed by atoms with van der Waals surface area (Å²) in [7, 11) is 1.57. The molecule has 1 heterocycles. The topological polar surface area (TPSA) is 49.9 Å². The molecule has 0 saturated carbocycles. The van der Waals surface area contributed by atoms with E-state index in [1.165, 1.54) is 0 Å². The molecular formula is C17H24N2O3. The molecule has 22 heavy (non-hydrogen) atoms. The Balaban J connectivity index is 2.04. The highest BCUT2D eigenvalue weighted by atomic mass is 16.5. The highest BCUT2D eigenvalue weighted by molar-refractivity contribution is 5.97. The fourth-order valence-corrected chi connectivity index (χ4v) is 2.69. The SMILES string of the molecule is CCCC(=O)N1CCN(C(=O)c2cc(C)ccc2OC)CC1. The molecule has 1 aromatic carbocycles. The summed E-state index contributed by atoms with van der Waals surface area (Å²) in [6.45, 7) is 6.33. The molecule has 5 heteroatoms. The zero-order valence-corrected chi connectivity index (χ0v) is 13.6. The van der Waals surface area contributed by atoms with Crippen LogP contribution in [-0.4, -0.2) is 54.9 Å². The lowest BCUT2D eigenvalue weighted by atomic mass is 10.1. The number of aryl methyl sites for hydroxylation is 1. The van der Waals surface area contributed by atoms with Crippen LogP contribution in [0.15, 0.2) is 18.2 Å². The largest absolute Gasteiger partial charge is 0.496 e. The fourth-order valence-electron chi connectivity index (χ4n) is 2.69. The van der Waals surface area contributed by atoms with Crippen molar-refractivity contribution in [2.45, 2.75) is 26.7 Å². The molecule has 0 atom stereocenters. The van der Waals surface area contributed by atoms with Gasteiger partial charge in [0.2, 0.25) is 5.91 Å². The Labute approximate surface area is 131 Å². The van der Waals surface area contributed by atoms with Gasteiger partial charge in [0.15, 0.2) is 0 Å². The third-order valence-electron chi connectivity index (χ3n) is 3.97. The maximum absolute atomic E-state index is 12.7. The number of ether oxygens (including phenoxy) is 1. The number of methoxy groups -OCH3 is 1. The third kappa shape index (κ3) is 3.59. The summed E-state index contributed by atoms with van der Waals surface area (Å²) in [5.74, 6) is 0.756. The van der Waals surface area contributed by atoms with Crippen molar-refractivity contribution in [2.24, 2.45) is 0 Å². The van der Waals surface area contributed by atoms with E-state index in [1.54, 1.807) is 12.0 Å². The van der Waals surface area contributed by atoms with Gasteiger partial charge in [-0.3, -0.25) is 9.59 Å². The van der Waals surface area contributed by atoms with Crippen molar-refractivity contribution in [3.05, 3.63) is 29.3 Å². The second kappa shape index (κ2) is 7.29. The molecule has 0 N–H and O–H groups in total. The molecule has 5 nitrogen and oxygen atoms in total. The first-order chi connectivity index (χ1) is 10.6. The minimum atomic E-state index is -0.0249. The van der Waals surface area contributed by atoms with Crippen LogP contribution < -0.4 is 4.74 Å². The van der Waals surface area contributed by atoms with E-state index in [4.69, 9.17) is 4.74 Å². The molecule has 0 spiro atoms. The van der Waals surface area contributed by atoms with Crippen LogP contribution in [0.1, 0.15) is 35.7 Å². The molecule has 120 valence electrons. The summed E-state index contributed by atoms with van der Waals surface area (Å²) in [5, 5.41) is 0. The van der Waals surface area contributed by atoms with E-state index in [-0.39, 0.29) is 11.8 Å². The lowest BCUT2D eigenvalue weighted by molar-refractivity contribution is -0.132. The standard InChI is InChI=1S/C17H24N2O3/c1-4-5-16(20)18-8-10-19(11-9-18)17(21)14-12-13(2)6-7-15(14)22-3/h6-7,12H,4-5,8-11H2,1-3H3. The molecule has 0 unspecified atom stereocenters. The van der Waals surface area contributed by atoms with Crippen molar-refractivity contribution in [2.75, 3.05) is 33.3 Å². The van der Waals surface area contributed by atoms with Crippen molar-refractivity contribution in [3.63, 3.8) is 0 Å². The first kappa shape index (κ1) is 16.3. The van der Waals surface area contributed by atoms with E-state index in [2.05, 4.69) is 0 Å². The average Bonchev–Trinajstić information content (AvgIpc) is 2.54. The number of carbonyl (C=O) groups is 2. The number of hydrogen-bond donors (Lipinski definition) is 0. The highest BCUT2D eigenvalue weighted by Crippen LogP contribution is 2.22. The molecule has 1 fully saturated rings.